The first-order chi connectivity index (χ1) is 11.0. The van der Waals surface area contributed by atoms with Gasteiger partial charge in [0.05, 0.1) is 6.04 Å². The first-order valence-electron chi connectivity index (χ1n) is 8.33. The molecule has 1 aliphatic rings. The lowest BCUT2D eigenvalue weighted by atomic mass is 10.0. The third-order valence-corrected chi connectivity index (χ3v) is 4.41. The highest BCUT2D eigenvalue weighted by molar-refractivity contribution is 5.88. The Balaban J connectivity index is 1.96. The van der Waals surface area contributed by atoms with E-state index < -0.39 is 0 Å². The summed E-state index contributed by atoms with van der Waals surface area (Å²) in [5.41, 5.74) is 2.49. The fourth-order valence-corrected chi connectivity index (χ4v) is 2.90. The van der Waals surface area contributed by atoms with Crippen molar-refractivity contribution >= 4 is 11.8 Å². The van der Waals surface area contributed by atoms with Crippen molar-refractivity contribution in [3.8, 4) is 0 Å². The predicted molar refractivity (Wildman–Crippen MR) is 91.0 cm³/mol. The number of amides is 2. The van der Waals surface area contributed by atoms with Gasteiger partial charge >= 0.3 is 0 Å². The third kappa shape index (κ3) is 4.79. The topological polar surface area (TPSA) is 61.4 Å². The highest BCUT2D eigenvalue weighted by Gasteiger charge is 2.25. The summed E-state index contributed by atoms with van der Waals surface area (Å²) in [5.74, 6) is -0.120. The Kier molecular flexibility index (Phi) is 6.16. The van der Waals surface area contributed by atoms with Crippen LogP contribution >= 0.6 is 0 Å². The lowest BCUT2D eigenvalue weighted by Gasteiger charge is -2.27. The van der Waals surface area contributed by atoms with Crippen molar-refractivity contribution in [3.05, 3.63) is 35.4 Å². The number of rotatable bonds is 6. The number of hydrogen-bond acceptors (Lipinski definition) is 3. The van der Waals surface area contributed by atoms with E-state index >= 15 is 0 Å². The number of carbonyl (C=O) groups is 2. The van der Waals surface area contributed by atoms with Crippen molar-refractivity contribution in [2.24, 2.45) is 0 Å². The fraction of sp³-hybridized carbons (Fsp3) is 0.556. The van der Waals surface area contributed by atoms with Crippen LogP contribution < -0.4 is 10.6 Å². The van der Waals surface area contributed by atoms with E-state index in [9.17, 15) is 9.59 Å². The lowest BCUT2D eigenvalue weighted by Crippen LogP contribution is -2.50. The molecule has 2 N–H and O–H groups in total. The third-order valence-electron chi connectivity index (χ3n) is 4.41. The minimum atomic E-state index is -0.387. The molecule has 126 valence electrons. The van der Waals surface area contributed by atoms with Crippen LogP contribution in [-0.4, -0.2) is 43.4 Å². The van der Waals surface area contributed by atoms with E-state index in [4.69, 9.17) is 0 Å². The number of carbonyl (C=O) groups excluding carboxylic acids is 2. The first kappa shape index (κ1) is 17.5. The van der Waals surface area contributed by atoms with Crippen molar-refractivity contribution in [1.82, 2.24) is 15.5 Å². The Morgan fingerprint density at radius 3 is 2.61 bits per heavy atom. The predicted octanol–water partition coefficient (Wildman–Crippen LogP) is 1.64. The Morgan fingerprint density at radius 2 is 2.04 bits per heavy atom. The summed E-state index contributed by atoms with van der Waals surface area (Å²) in [6.45, 7) is 2.67. The van der Waals surface area contributed by atoms with Crippen molar-refractivity contribution in [3.63, 3.8) is 0 Å². The van der Waals surface area contributed by atoms with Gasteiger partial charge in [-0.2, -0.15) is 0 Å². The maximum Gasteiger partial charge on any atom is 0.242 e. The number of nitrogens with zero attached hydrogens (tertiary/aromatic N) is 1. The zero-order valence-electron chi connectivity index (χ0n) is 14.3. The average molecular weight is 317 g/mol. The van der Waals surface area contributed by atoms with E-state index in [1.165, 1.54) is 11.1 Å². The minimum Gasteiger partial charge on any atom is -0.352 e. The summed E-state index contributed by atoms with van der Waals surface area (Å²) in [4.78, 5) is 25.8. The van der Waals surface area contributed by atoms with Crippen LogP contribution in [0.25, 0.3) is 0 Å². The summed E-state index contributed by atoms with van der Waals surface area (Å²) in [6.07, 6.45) is 3.04. The summed E-state index contributed by atoms with van der Waals surface area (Å²) in [6, 6.07) is 8.24. The molecule has 5 heteroatoms. The number of likely N-dealkylation sites (N-methyl/N-ethyl adjacent to an activating group) is 1. The van der Waals surface area contributed by atoms with Gasteiger partial charge in [0.25, 0.3) is 0 Å². The summed E-state index contributed by atoms with van der Waals surface area (Å²) in [5, 5.41) is 5.75. The van der Waals surface area contributed by atoms with Crippen molar-refractivity contribution < 1.29 is 9.59 Å². The molecule has 1 saturated heterocycles. The van der Waals surface area contributed by atoms with Gasteiger partial charge in [-0.05, 0) is 44.5 Å². The highest BCUT2D eigenvalue weighted by atomic mass is 16.2. The monoisotopic (exact) mass is 317 g/mol. The molecule has 0 saturated carbocycles. The second kappa shape index (κ2) is 8.11. The second-order valence-corrected chi connectivity index (χ2v) is 6.33. The molecule has 5 nitrogen and oxygen atoms in total. The molecular weight excluding hydrogens is 290 g/mol. The van der Waals surface area contributed by atoms with E-state index in [-0.39, 0.29) is 23.9 Å². The Labute approximate surface area is 138 Å². The zero-order valence-corrected chi connectivity index (χ0v) is 14.3. The Morgan fingerprint density at radius 1 is 1.35 bits per heavy atom. The normalized spacial score (nSPS) is 19.3. The number of benzene rings is 1. The number of nitrogens with one attached hydrogen (secondary N) is 2. The molecule has 1 fully saturated rings. The number of piperidine rings is 1. The van der Waals surface area contributed by atoms with Crippen LogP contribution in [0.4, 0.5) is 0 Å². The lowest BCUT2D eigenvalue weighted by molar-refractivity contribution is -0.131. The average Bonchev–Trinajstić information content (AvgIpc) is 2.55. The van der Waals surface area contributed by atoms with Gasteiger partial charge in [-0.1, -0.05) is 31.2 Å². The number of hydrogen-bond donors (Lipinski definition) is 2. The van der Waals surface area contributed by atoms with Crippen LogP contribution in [-0.2, 0) is 16.0 Å². The van der Waals surface area contributed by atoms with Crippen molar-refractivity contribution in [2.75, 3.05) is 20.6 Å². The highest BCUT2D eigenvalue weighted by Crippen LogP contribution is 2.18. The van der Waals surface area contributed by atoms with E-state index in [1.54, 1.807) is 0 Å². The quantitative estimate of drug-likeness (QED) is 0.838. The largest absolute Gasteiger partial charge is 0.352 e. The molecule has 1 aliphatic heterocycles. The van der Waals surface area contributed by atoms with Gasteiger partial charge in [0.15, 0.2) is 0 Å². The van der Waals surface area contributed by atoms with Gasteiger partial charge in [-0.25, -0.2) is 0 Å². The molecule has 2 unspecified atom stereocenters. The SMILES string of the molecule is CCc1ccc(C(CNC(=O)C2CCCC(=O)N2)N(C)C)cc1. The van der Waals surface area contributed by atoms with Crippen LogP contribution in [0, 0.1) is 0 Å². The maximum atomic E-state index is 12.3. The molecule has 0 aromatic heterocycles. The second-order valence-electron chi connectivity index (χ2n) is 6.33. The molecular formula is C18H27N3O2. The van der Waals surface area contributed by atoms with Crippen molar-refractivity contribution in [1.29, 1.82) is 0 Å². The Hall–Kier alpha value is -1.88. The molecule has 2 atom stereocenters. The number of aryl methyl sites for hydroxylation is 1. The van der Waals surface area contributed by atoms with Crippen LogP contribution in [0.15, 0.2) is 24.3 Å². The smallest absolute Gasteiger partial charge is 0.242 e. The van der Waals surface area contributed by atoms with Crippen LogP contribution in [0.1, 0.15) is 43.4 Å². The summed E-state index contributed by atoms with van der Waals surface area (Å²) in [7, 11) is 4.01. The van der Waals surface area contributed by atoms with Gasteiger partial charge in [-0.15, -0.1) is 0 Å². The van der Waals surface area contributed by atoms with Gasteiger partial charge in [0.1, 0.15) is 6.04 Å². The molecule has 1 aromatic rings. The van der Waals surface area contributed by atoms with Gasteiger partial charge in [0, 0.05) is 13.0 Å². The molecule has 2 rings (SSSR count). The van der Waals surface area contributed by atoms with Gasteiger partial charge < -0.3 is 15.5 Å². The maximum absolute atomic E-state index is 12.3. The van der Waals surface area contributed by atoms with E-state index in [0.717, 1.165) is 19.3 Å². The van der Waals surface area contributed by atoms with Gasteiger partial charge in [-0.3, -0.25) is 9.59 Å². The minimum absolute atomic E-state index is 0.0317. The molecule has 1 heterocycles. The van der Waals surface area contributed by atoms with E-state index in [0.29, 0.717) is 13.0 Å². The molecule has 0 radical (unpaired) electrons. The first-order valence-corrected chi connectivity index (χ1v) is 8.33. The standard InChI is InChI=1S/C18H27N3O2/c1-4-13-8-10-14(11-9-13)16(21(2)3)12-19-18(23)15-6-5-7-17(22)20-15/h8-11,15-16H,4-7,12H2,1-3H3,(H,19,23)(H,20,22). The molecule has 1 aromatic carbocycles. The van der Waals surface area contributed by atoms with E-state index in [2.05, 4.69) is 46.7 Å². The van der Waals surface area contributed by atoms with Crippen molar-refractivity contribution in [2.45, 2.75) is 44.7 Å². The van der Waals surface area contributed by atoms with Crippen LogP contribution in [0.2, 0.25) is 0 Å². The van der Waals surface area contributed by atoms with Crippen LogP contribution in [0.3, 0.4) is 0 Å². The van der Waals surface area contributed by atoms with Crippen LogP contribution in [0.5, 0.6) is 0 Å². The van der Waals surface area contributed by atoms with Gasteiger partial charge in [0.2, 0.25) is 11.8 Å². The molecule has 0 spiro atoms. The fourth-order valence-electron chi connectivity index (χ4n) is 2.90. The molecule has 0 aliphatic carbocycles. The molecule has 23 heavy (non-hydrogen) atoms. The van der Waals surface area contributed by atoms with E-state index in [1.807, 2.05) is 14.1 Å². The molecule has 0 bridgehead atoms. The molecule has 2 amide bonds. The zero-order chi connectivity index (χ0) is 16.8. The summed E-state index contributed by atoms with van der Waals surface area (Å²) < 4.78 is 0. The summed E-state index contributed by atoms with van der Waals surface area (Å²) >= 11 is 0. The Bertz CT molecular complexity index is 540.